The van der Waals surface area contributed by atoms with E-state index in [1.54, 1.807) is 6.07 Å². The lowest BCUT2D eigenvalue weighted by atomic mass is 10.1. The maximum atomic E-state index is 11.6. The molecule has 2 N–H and O–H groups in total. The molecule has 0 saturated heterocycles. The van der Waals surface area contributed by atoms with Gasteiger partial charge in [-0.15, -0.1) is 6.58 Å². The molecule has 0 heterocycles. The highest BCUT2D eigenvalue weighted by Gasteiger charge is 2.08. The van der Waals surface area contributed by atoms with Crippen molar-refractivity contribution >= 4 is 12.0 Å². The standard InChI is InChI=1S/C14H14N2O3/c1-3-6-16-14(18)11(9-15)7-10-4-5-12(17)13(8-10)19-2/h3-5,7-8,17H,1,6H2,2H3,(H,16,18)/b11-7-. The lowest BCUT2D eigenvalue weighted by molar-refractivity contribution is -0.116. The number of carbonyl (C=O) groups is 1. The zero-order chi connectivity index (χ0) is 14.3. The molecule has 0 aliphatic carbocycles. The number of ether oxygens (including phenoxy) is 1. The van der Waals surface area contributed by atoms with Gasteiger partial charge in [-0.25, -0.2) is 0 Å². The molecular formula is C14H14N2O3. The number of hydrogen-bond donors (Lipinski definition) is 2. The van der Waals surface area contributed by atoms with Gasteiger partial charge in [0.1, 0.15) is 11.6 Å². The first-order valence-corrected chi connectivity index (χ1v) is 5.50. The van der Waals surface area contributed by atoms with Gasteiger partial charge in [0.2, 0.25) is 0 Å². The van der Waals surface area contributed by atoms with E-state index >= 15 is 0 Å². The highest BCUT2D eigenvalue weighted by Crippen LogP contribution is 2.27. The predicted octanol–water partition coefficient (Wildman–Crippen LogP) is 1.61. The quantitative estimate of drug-likeness (QED) is 0.477. The van der Waals surface area contributed by atoms with Gasteiger partial charge < -0.3 is 15.2 Å². The summed E-state index contributed by atoms with van der Waals surface area (Å²) in [4.78, 5) is 11.6. The van der Waals surface area contributed by atoms with Gasteiger partial charge in [-0.1, -0.05) is 12.1 Å². The molecule has 0 unspecified atom stereocenters. The van der Waals surface area contributed by atoms with Crippen LogP contribution in [0.2, 0.25) is 0 Å². The molecule has 0 aliphatic heterocycles. The van der Waals surface area contributed by atoms with Gasteiger partial charge >= 0.3 is 0 Å². The monoisotopic (exact) mass is 258 g/mol. The van der Waals surface area contributed by atoms with E-state index in [-0.39, 0.29) is 23.6 Å². The highest BCUT2D eigenvalue weighted by atomic mass is 16.5. The Balaban J connectivity index is 3.01. The van der Waals surface area contributed by atoms with Crippen LogP contribution >= 0.6 is 0 Å². The van der Waals surface area contributed by atoms with E-state index in [2.05, 4.69) is 11.9 Å². The number of aromatic hydroxyl groups is 1. The summed E-state index contributed by atoms with van der Waals surface area (Å²) < 4.78 is 4.95. The Hall–Kier alpha value is -2.74. The minimum Gasteiger partial charge on any atom is -0.504 e. The Bertz CT molecular complexity index is 556. The van der Waals surface area contributed by atoms with Gasteiger partial charge in [-0.05, 0) is 23.8 Å². The number of hydrogen-bond acceptors (Lipinski definition) is 4. The zero-order valence-electron chi connectivity index (χ0n) is 10.5. The van der Waals surface area contributed by atoms with Crippen LogP contribution in [0.5, 0.6) is 11.5 Å². The second-order valence-electron chi connectivity index (χ2n) is 3.60. The molecule has 1 aromatic rings. The summed E-state index contributed by atoms with van der Waals surface area (Å²) in [7, 11) is 1.42. The van der Waals surface area contributed by atoms with Crippen molar-refractivity contribution in [3.63, 3.8) is 0 Å². The number of methoxy groups -OCH3 is 1. The van der Waals surface area contributed by atoms with Crippen molar-refractivity contribution in [3.05, 3.63) is 42.0 Å². The first kappa shape index (κ1) is 14.3. The van der Waals surface area contributed by atoms with Gasteiger partial charge in [0.25, 0.3) is 5.91 Å². The van der Waals surface area contributed by atoms with E-state index in [0.29, 0.717) is 5.56 Å². The van der Waals surface area contributed by atoms with Crippen LogP contribution in [0, 0.1) is 11.3 Å². The molecule has 0 aromatic heterocycles. The van der Waals surface area contributed by atoms with Crippen molar-refractivity contribution in [2.75, 3.05) is 13.7 Å². The number of phenols is 1. The fourth-order valence-corrected chi connectivity index (χ4v) is 1.36. The number of carbonyl (C=O) groups excluding carboxylic acids is 1. The molecule has 0 bridgehead atoms. The zero-order valence-corrected chi connectivity index (χ0v) is 10.5. The summed E-state index contributed by atoms with van der Waals surface area (Å²) in [6.45, 7) is 3.76. The molecule has 0 aliphatic rings. The summed E-state index contributed by atoms with van der Waals surface area (Å²) in [5, 5.41) is 20.9. The summed E-state index contributed by atoms with van der Waals surface area (Å²) in [5.74, 6) is -0.207. The average Bonchev–Trinajstić information content (AvgIpc) is 2.43. The Kier molecular flexibility index (Phi) is 5.17. The Morgan fingerprint density at radius 1 is 1.63 bits per heavy atom. The van der Waals surface area contributed by atoms with Crippen molar-refractivity contribution in [1.29, 1.82) is 5.26 Å². The number of nitrogens with zero attached hydrogens (tertiary/aromatic N) is 1. The van der Waals surface area contributed by atoms with E-state index in [1.165, 1.54) is 31.4 Å². The molecule has 0 saturated carbocycles. The second kappa shape index (κ2) is 6.87. The number of rotatable bonds is 5. The van der Waals surface area contributed by atoms with Gasteiger partial charge in [0.05, 0.1) is 7.11 Å². The van der Waals surface area contributed by atoms with E-state index in [0.717, 1.165) is 0 Å². The molecule has 1 aromatic carbocycles. The molecule has 1 amide bonds. The average molecular weight is 258 g/mol. The lowest BCUT2D eigenvalue weighted by Crippen LogP contribution is -2.24. The Morgan fingerprint density at radius 2 is 2.37 bits per heavy atom. The van der Waals surface area contributed by atoms with Gasteiger partial charge in [-0.3, -0.25) is 4.79 Å². The fourth-order valence-electron chi connectivity index (χ4n) is 1.36. The van der Waals surface area contributed by atoms with Gasteiger partial charge in [-0.2, -0.15) is 5.26 Å². The SMILES string of the molecule is C=CCNC(=O)/C(C#N)=C\c1ccc(O)c(OC)c1. The molecule has 0 fully saturated rings. The van der Waals surface area contributed by atoms with Crippen molar-refractivity contribution in [1.82, 2.24) is 5.32 Å². The Morgan fingerprint density at radius 3 is 2.95 bits per heavy atom. The summed E-state index contributed by atoms with van der Waals surface area (Å²) in [6, 6.07) is 6.37. The molecule has 0 radical (unpaired) electrons. The van der Waals surface area contributed by atoms with Crippen LogP contribution in [0.25, 0.3) is 6.08 Å². The van der Waals surface area contributed by atoms with Crippen LogP contribution < -0.4 is 10.1 Å². The summed E-state index contributed by atoms with van der Waals surface area (Å²) >= 11 is 0. The number of benzene rings is 1. The lowest BCUT2D eigenvalue weighted by Gasteiger charge is -2.04. The third-order valence-electron chi connectivity index (χ3n) is 2.29. The summed E-state index contributed by atoms with van der Waals surface area (Å²) in [6.07, 6.45) is 2.94. The molecule has 98 valence electrons. The second-order valence-corrected chi connectivity index (χ2v) is 3.60. The predicted molar refractivity (Wildman–Crippen MR) is 71.5 cm³/mol. The third kappa shape index (κ3) is 3.89. The maximum absolute atomic E-state index is 11.6. The molecule has 5 heteroatoms. The largest absolute Gasteiger partial charge is 0.504 e. The number of nitriles is 1. The molecule has 5 nitrogen and oxygen atoms in total. The highest BCUT2D eigenvalue weighted by molar-refractivity contribution is 6.01. The van der Waals surface area contributed by atoms with Crippen molar-refractivity contribution in [3.8, 4) is 17.6 Å². The number of nitrogens with one attached hydrogen (secondary N) is 1. The van der Waals surface area contributed by atoms with Crippen molar-refractivity contribution < 1.29 is 14.6 Å². The molecule has 0 atom stereocenters. The van der Waals surface area contributed by atoms with Crippen LogP contribution in [-0.4, -0.2) is 24.7 Å². The van der Waals surface area contributed by atoms with Gasteiger partial charge in [0.15, 0.2) is 11.5 Å². The molecule has 0 spiro atoms. The van der Waals surface area contributed by atoms with Crippen LogP contribution in [0.4, 0.5) is 0 Å². The van der Waals surface area contributed by atoms with Crippen molar-refractivity contribution in [2.24, 2.45) is 0 Å². The smallest absolute Gasteiger partial charge is 0.262 e. The maximum Gasteiger partial charge on any atom is 0.262 e. The minimum absolute atomic E-state index is 0.00531. The van der Waals surface area contributed by atoms with Gasteiger partial charge in [0, 0.05) is 6.54 Å². The van der Waals surface area contributed by atoms with E-state index < -0.39 is 5.91 Å². The molecule has 19 heavy (non-hydrogen) atoms. The molecule has 1 rings (SSSR count). The van der Waals surface area contributed by atoms with E-state index in [1.807, 2.05) is 6.07 Å². The summed E-state index contributed by atoms with van der Waals surface area (Å²) in [5.41, 5.74) is 0.551. The first-order chi connectivity index (χ1) is 9.12. The van der Waals surface area contributed by atoms with Crippen LogP contribution in [0.1, 0.15) is 5.56 Å². The van der Waals surface area contributed by atoms with Crippen molar-refractivity contribution in [2.45, 2.75) is 0 Å². The third-order valence-corrected chi connectivity index (χ3v) is 2.29. The molecular weight excluding hydrogens is 244 g/mol. The van der Waals surface area contributed by atoms with E-state index in [4.69, 9.17) is 10.00 Å². The fraction of sp³-hybridized carbons (Fsp3) is 0.143. The first-order valence-electron chi connectivity index (χ1n) is 5.50. The number of amides is 1. The topological polar surface area (TPSA) is 82.4 Å². The minimum atomic E-state index is -0.477. The Labute approximate surface area is 111 Å². The number of phenolic OH excluding ortho intramolecular Hbond substituents is 1. The van der Waals surface area contributed by atoms with E-state index in [9.17, 15) is 9.90 Å². The van der Waals surface area contributed by atoms with Crippen LogP contribution in [-0.2, 0) is 4.79 Å². The van der Waals surface area contributed by atoms with Crippen LogP contribution in [0.15, 0.2) is 36.4 Å². The van der Waals surface area contributed by atoms with Crippen LogP contribution in [0.3, 0.4) is 0 Å². The normalized spacial score (nSPS) is 10.4.